The molecule has 3 heterocycles. The number of nitrogens with one attached hydrogen (secondary N) is 1. The van der Waals surface area contributed by atoms with Crippen molar-refractivity contribution < 1.29 is 4.79 Å². The average Bonchev–Trinajstić information content (AvgIpc) is 3.26. The summed E-state index contributed by atoms with van der Waals surface area (Å²) in [6.45, 7) is 8.74. The number of hydrogen-bond donors (Lipinski definition) is 1. The Morgan fingerprint density at radius 1 is 1.31 bits per heavy atom. The number of carbonyl (C=O) groups excluding carboxylic acids is 1. The molecule has 1 N–H and O–H groups in total. The molecule has 0 radical (unpaired) electrons. The Morgan fingerprint density at radius 3 is 2.79 bits per heavy atom. The first-order chi connectivity index (χ1) is 13.8. The lowest BCUT2D eigenvalue weighted by Crippen LogP contribution is -2.29. The normalized spacial score (nSPS) is 16.8. The number of rotatable bonds is 4. The van der Waals surface area contributed by atoms with Gasteiger partial charge in [-0.05, 0) is 42.6 Å². The molecule has 0 saturated heterocycles. The van der Waals surface area contributed by atoms with Crippen LogP contribution in [0.4, 0.5) is 5.13 Å². The first kappa shape index (κ1) is 20.2. The predicted molar refractivity (Wildman–Crippen MR) is 117 cm³/mol. The van der Waals surface area contributed by atoms with Gasteiger partial charge in [-0.15, -0.1) is 21.5 Å². The number of amides is 1. The van der Waals surface area contributed by atoms with Gasteiger partial charge in [0.2, 0.25) is 11.0 Å². The second-order valence-corrected chi connectivity index (χ2v) is 10.7. The first-order valence-electron chi connectivity index (χ1n) is 9.88. The second kappa shape index (κ2) is 7.60. The highest BCUT2D eigenvalue weighted by molar-refractivity contribution is 7.18. The summed E-state index contributed by atoms with van der Waals surface area (Å²) in [5.74, 6) is 0.305. The summed E-state index contributed by atoms with van der Waals surface area (Å²) in [6.07, 6.45) is 5.22. The fraction of sp³-hybridized carbons (Fsp3) is 0.550. The van der Waals surface area contributed by atoms with E-state index in [1.54, 1.807) is 11.3 Å². The van der Waals surface area contributed by atoms with Gasteiger partial charge in [0.15, 0.2) is 0 Å². The van der Waals surface area contributed by atoms with Crippen molar-refractivity contribution in [2.24, 2.45) is 11.3 Å². The summed E-state index contributed by atoms with van der Waals surface area (Å²) < 4.78 is 1.39. The Morgan fingerprint density at radius 2 is 2.10 bits per heavy atom. The van der Waals surface area contributed by atoms with E-state index in [-0.39, 0.29) is 23.4 Å². The maximum atomic E-state index is 13.1. The van der Waals surface area contributed by atoms with Crippen molar-refractivity contribution in [1.29, 1.82) is 0 Å². The van der Waals surface area contributed by atoms with Crippen molar-refractivity contribution in [3.63, 3.8) is 0 Å². The molecule has 9 heteroatoms. The van der Waals surface area contributed by atoms with E-state index in [1.807, 2.05) is 6.92 Å². The fourth-order valence-corrected chi connectivity index (χ4v) is 5.77. The van der Waals surface area contributed by atoms with Crippen LogP contribution >= 0.6 is 22.7 Å². The summed E-state index contributed by atoms with van der Waals surface area (Å²) >= 11 is 2.97. The molecular formula is C20H25N5O2S2. The zero-order chi connectivity index (χ0) is 20.8. The standard InChI is InChI=1S/C20H25N5O2S2/c1-5-15-23-24-19(29-15)22-14(26)9-25-10-21-17-16(18(25)27)12-7-6-11(20(2,3)4)8-13(12)28-17/h10-11H,5-9H2,1-4H3,(H,22,24,26). The van der Waals surface area contributed by atoms with Crippen LogP contribution in [0.1, 0.15) is 49.6 Å². The number of thiophene rings is 1. The zero-order valence-corrected chi connectivity index (χ0v) is 18.7. The molecule has 0 bridgehead atoms. The molecule has 0 saturated carbocycles. The van der Waals surface area contributed by atoms with E-state index in [0.29, 0.717) is 16.4 Å². The summed E-state index contributed by atoms with van der Waals surface area (Å²) in [4.78, 5) is 32.0. The van der Waals surface area contributed by atoms with Gasteiger partial charge >= 0.3 is 0 Å². The number of anilines is 1. The van der Waals surface area contributed by atoms with E-state index >= 15 is 0 Å². The summed E-state index contributed by atoms with van der Waals surface area (Å²) in [5, 5.41) is 12.7. The van der Waals surface area contributed by atoms with Gasteiger partial charge in [-0.3, -0.25) is 19.5 Å². The Balaban J connectivity index is 1.58. The minimum absolute atomic E-state index is 0.0853. The molecule has 154 valence electrons. The van der Waals surface area contributed by atoms with Gasteiger partial charge in [-0.1, -0.05) is 39.0 Å². The highest BCUT2D eigenvalue weighted by atomic mass is 32.1. The van der Waals surface area contributed by atoms with E-state index in [9.17, 15) is 9.59 Å². The molecule has 0 aliphatic heterocycles. The van der Waals surface area contributed by atoms with Crippen molar-refractivity contribution in [3.05, 3.63) is 32.1 Å². The topological polar surface area (TPSA) is 89.8 Å². The molecule has 4 rings (SSSR count). The van der Waals surface area contributed by atoms with Crippen LogP contribution < -0.4 is 10.9 Å². The van der Waals surface area contributed by atoms with Gasteiger partial charge in [0.05, 0.1) is 11.7 Å². The lowest BCUT2D eigenvalue weighted by atomic mass is 9.72. The van der Waals surface area contributed by atoms with Crippen LogP contribution in [0.3, 0.4) is 0 Å². The van der Waals surface area contributed by atoms with Gasteiger partial charge in [0.1, 0.15) is 16.4 Å². The van der Waals surface area contributed by atoms with Crippen LogP contribution in [-0.2, 0) is 30.6 Å². The molecule has 0 spiro atoms. The van der Waals surface area contributed by atoms with E-state index in [4.69, 9.17) is 0 Å². The van der Waals surface area contributed by atoms with Gasteiger partial charge in [-0.2, -0.15) is 0 Å². The quantitative estimate of drug-likeness (QED) is 0.681. The summed E-state index contributed by atoms with van der Waals surface area (Å²) in [5.41, 5.74) is 1.25. The van der Waals surface area contributed by atoms with Gasteiger partial charge in [0, 0.05) is 4.88 Å². The molecule has 1 aliphatic rings. The number of aryl methyl sites for hydroxylation is 2. The monoisotopic (exact) mass is 431 g/mol. The minimum atomic E-state index is -0.302. The fourth-order valence-electron chi connectivity index (χ4n) is 3.81. The number of fused-ring (bicyclic) bond motifs is 3. The van der Waals surface area contributed by atoms with E-state index in [1.165, 1.54) is 27.1 Å². The zero-order valence-electron chi connectivity index (χ0n) is 17.1. The number of hydrogen-bond acceptors (Lipinski definition) is 7. The van der Waals surface area contributed by atoms with Crippen LogP contribution in [0.15, 0.2) is 11.1 Å². The molecule has 1 amide bonds. The van der Waals surface area contributed by atoms with Crippen LogP contribution in [0.5, 0.6) is 0 Å². The molecule has 0 aromatic carbocycles. The number of nitrogens with zero attached hydrogens (tertiary/aromatic N) is 4. The molecule has 1 unspecified atom stereocenters. The van der Waals surface area contributed by atoms with Crippen LogP contribution in [0, 0.1) is 11.3 Å². The second-order valence-electron chi connectivity index (χ2n) is 8.57. The number of carbonyl (C=O) groups is 1. The maximum Gasteiger partial charge on any atom is 0.262 e. The highest BCUT2D eigenvalue weighted by Gasteiger charge is 2.31. The molecule has 7 nitrogen and oxygen atoms in total. The first-order valence-corrected chi connectivity index (χ1v) is 11.5. The maximum absolute atomic E-state index is 13.1. The summed E-state index contributed by atoms with van der Waals surface area (Å²) in [7, 11) is 0. The molecule has 3 aromatic heterocycles. The van der Waals surface area contributed by atoms with Crippen molar-refractivity contribution >= 4 is 43.9 Å². The highest BCUT2D eigenvalue weighted by Crippen LogP contribution is 2.41. The molecular weight excluding hydrogens is 406 g/mol. The van der Waals surface area contributed by atoms with Crippen molar-refractivity contribution in [3.8, 4) is 0 Å². The molecule has 1 aliphatic carbocycles. The third-order valence-electron chi connectivity index (χ3n) is 5.59. The minimum Gasteiger partial charge on any atom is -0.299 e. The van der Waals surface area contributed by atoms with Crippen LogP contribution in [-0.4, -0.2) is 25.7 Å². The van der Waals surface area contributed by atoms with E-state index in [2.05, 4.69) is 41.3 Å². The molecule has 0 fully saturated rings. The Labute approximate surface area is 177 Å². The molecule has 1 atom stereocenters. The SMILES string of the molecule is CCc1nnc(NC(=O)Cn2cnc3sc4c(c3c2=O)CCC(C(C)(C)C)C4)s1. The predicted octanol–water partition coefficient (Wildman–Crippen LogP) is 3.66. The Kier molecular flexibility index (Phi) is 5.29. The van der Waals surface area contributed by atoms with Gasteiger partial charge in [0.25, 0.3) is 5.56 Å². The lowest BCUT2D eigenvalue weighted by molar-refractivity contribution is -0.116. The van der Waals surface area contributed by atoms with E-state index in [0.717, 1.165) is 41.1 Å². The van der Waals surface area contributed by atoms with Gasteiger partial charge < -0.3 is 0 Å². The number of aromatic nitrogens is 4. The molecule has 3 aromatic rings. The van der Waals surface area contributed by atoms with Gasteiger partial charge in [-0.25, -0.2) is 4.98 Å². The molecule has 29 heavy (non-hydrogen) atoms. The van der Waals surface area contributed by atoms with Crippen molar-refractivity contribution in [2.45, 2.75) is 59.9 Å². The van der Waals surface area contributed by atoms with E-state index < -0.39 is 0 Å². The Bertz CT molecular complexity index is 1120. The largest absolute Gasteiger partial charge is 0.299 e. The summed E-state index contributed by atoms with van der Waals surface area (Å²) in [6, 6.07) is 0. The van der Waals surface area contributed by atoms with Crippen LogP contribution in [0.25, 0.3) is 10.2 Å². The lowest BCUT2D eigenvalue weighted by Gasteiger charge is -2.33. The van der Waals surface area contributed by atoms with Crippen molar-refractivity contribution in [1.82, 2.24) is 19.7 Å². The smallest absolute Gasteiger partial charge is 0.262 e. The van der Waals surface area contributed by atoms with Crippen molar-refractivity contribution in [2.75, 3.05) is 5.32 Å². The average molecular weight is 432 g/mol. The van der Waals surface area contributed by atoms with Crippen LogP contribution in [0.2, 0.25) is 0 Å². The third kappa shape index (κ3) is 3.98. The third-order valence-corrected chi connectivity index (χ3v) is 7.74. The Hall–Kier alpha value is -2.13.